The lowest BCUT2D eigenvalue weighted by molar-refractivity contribution is 0.402. The molecule has 0 bridgehead atoms. The van der Waals surface area contributed by atoms with Crippen LogP contribution >= 0.6 is 54.5 Å². The average molecular weight is 504 g/mol. The number of thiophene rings is 2. The van der Waals surface area contributed by atoms with Crippen molar-refractivity contribution >= 4 is 54.5 Å². The standard InChI is InChI=1S/C21H28Br2S2/c22-13-7-3-1-5-11-21(12-6-2-4-8-14-23)17-9-15-24-19(17)20-18(21)10-16-25-20/h9-10,15-16H,1-8,11-14H2. The summed E-state index contributed by atoms with van der Waals surface area (Å²) < 4.78 is 0. The predicted octanol–water partition coefficient (Wildman–Crippen LogP) is 8.77. The number of fused-ring (bicyclic) bond motifs is 3. The second-order valence-corrected chi connectivity index (χ2v) is 10.5. The summed E-state index contributed by atoms with van der Waals surface area (Å²) in [7, 11) is 0. The van der Waals surface area contributed by atoms with Crippen LogP contribution in [0.5, 0.6) is 0 Å². The molecule has 0 fully saturated rings. The number of unbranched alkanes of at least 4 members (excludes halogenated alkanes) is 6. The van der Waals surface area contributed by atoms with Crippen molar-refractivity contribution in [1.82, 2.24) is 0 Å². The van der Waals surface area contributed by atoms with Crippen molar-refractivity contribution in [3.63, 3.8) is 0 Å². The quantitative estimate of drug-likeness (QED) is 0.200. The molecular weight excluding hydrogens is 476 g/mol. The van der Waals surface area contributed by atoms with Crippen LogP contribution in [-0.4, -0.2) is 10.7 Å². The minimum atomic E-state index is 0.313. The van der Waals surface area contributed by atoms with Crippen LogP contribution in [0.15, 0.2) is 22.9 Å². The van der Waals surface area contributed by atoms with E-state index in [2.05, 4.69) is 54.8 Å². The molecule has 0 nitrogen and oxygen atoms in total. The highest BCUT2D eigenvalue weighted by Gasteiger charge is 2.43. The van der Waals surface area contributed by atoms with Gasteiger partial charge in [-0.1, -0.05) is 70.4 Å². The Bertz CT molecular complexity index is 588. The summed E-state index contributed by atoms with van der Waals surface area (Å²) in [6.07, 6.45) is 13.5. The van der Waals surface area contributed by atoms with E-state index in [4.69, 9.17) is 0 Å². The van der Waals surface area contributed by atoms with Crippen LogP contribution < -0.4 is 0 Å². The van der Waals surface area contributed by atoms with Crippen LogP contribution in [0.2, 0.25) is 0 Å². The molecule has 0 saturated carbocycles. The average Bonchev–Trinajstić information content (AvgIpc) is 3.31. The molecule has 3 rings (SSSR count). The lowest BCUT2D eigenvalue weighted by Gasteiger charge is -2.31. The third-order valence-electron chi connectivity index (χ3n) is 5.54. The van der Waals surface area contributed by atoms with Crippen LogP contribution in [0.1, 0.15) is 75.3 Å². The first kappa shape index (κ1) is 20.1. The van der Waals surface area contributed by atoms with Gasteiger partial charge in [0.15, 0.2) is 0 Å². The first-order valence-electron chi connectivity index (χ1n) is 9.62. The summed E-state index contributed by atoms with van der Waals surface area (Å²) in [5, 5.41) is 6.93. The zero-order valence-electron chi connectivity index (χ0n) is 14.9. The number of hydrogen-bond donors (Lipinski definition) is 0. The third-order valence-corrected chi connectivity index (χ3v) is 8.66. The first-order chi connectivity index (χ1) is 12.3. The van der Waals surface area contributed by atoms with Gasteiger partial charge in [0.1, 0.15) is 0 Å². The van der Waals surface area contributed by atoms with Gasteiger partial charge in [0, 0.05) is 25.8 Å². The molecule has 25 heavy (non-hydrogen) atoms. The van der Waals surface area contributed by atoms with Gasteiger partial charge in [-0.15, -0.1) is 22.7 Å². The third kappa shape index (κ3) is 4.44. The normalized spacial score (nSPS) is 14.6. The maximum absolute atomic E-state index is 3.56. The largest absolute Gasteiger partial charge is 0.143 e. The van der Waals surface area contributed by atoms with Crippen LogP contribution in [0, 0.1) is 0 Å². The van der Waals surface area contributed by atoms with Crippen molar-refractivity contribution in [3.05, 3.63) is 34.0 Å². The van der Waals surface area contributed by atoms with Gasteiger partial charge in [0.05, 0.1) is 0 Å². The zero-order chi connectivity index (χ0) is 17.5. The minimum absolute atomic E-state index is 0.313. The van der Waals surface area contributed by atoms with Gasteiger partial charge in [-0.2, -0.15) is 0 Å². The maximum atomic E-state index is 3.56. The molecule has 0 aromatic carbocycles. The molecule has 0 radical (unpaired) electrons. The minimum Gasteiger partial charge on any atom is -0.143 e. The molecule has 2 heterocycles. The van der Waals surface area contributed by atoms with Crippen LogP contribution in [0.4, 0.5) is 0 Å². The van der Waals surface area contributed by atoms with Crippen LogP contribution in [-0.2, 0) is 5.41 Å². The van der Waals surface area contributed by atoms with Crippen molar-refractivity contribution in [2.75, 3.05) is 10.7 Å². The topological polar surface area (TPSA) is 0 Å². The van der Waals surface area contributed by atoms with Gasteiger partial charge in [-0.3, -0.25) is 0 Å². The first-order valence-corrected chi connectivity index (χ1v) is 13.6. The second-order valence-electron chi connectivity index (χ2n) is 7.12. The van der Waals surface area contributed by atoms with Gasteiger partial charge >= 0.3 is 0 Å². The Morgan fingerprint density at radius 2 is 1.08 bits per heavy atom. The lowest BCUT2D eigenvalue weighted by Crippen LogP contribution is -2.24. The number of hydrogen-bond acceptors (Lipinski definition) is 2. The summed E-state index contributed by atoms with van der Waals surface area (Å²) in [5.41, 5.74) is 3.62. The highest BCUT2D eigenvalue weighted by Crippen LogP contribution is 2.57. The van der Waals surface area contributed by atoms with E-state index in [0.717, 1.165) is 10.7 Å². The van der Waals surface area contributed by atoms with Gasteiger partial charge in [-0.05, 0) is 59.7 Å². The van der Waals surface area contributed by atoms with E-state index >= 15 is 0 Å². The fourth-order valence-electron chi connectivity index (χ4n) is 4.28. The molecule has 0 atom stereocenters. The monoisotopic (exact) mass is 502 g/mol. The van der Waals surface area contributed by atoms with E-state index < -0.39 is 0 Å². The molecule has 2 aromatic rings. The van der Waals surface area contributed by atoms with Gasteiger partial charge < -0.3 is 0 Å². The van der Waals surface area contributed by atoms with Gasteiger partial charge in [-0.25, -0.2) is 0 Å². The molecule has 0 saturated heterocycles. The Balaban J connectivity index is 1.74. The number of halogens is 2. The number of rotatable bonds is 12. The smallest absolute Gasteiger partial charge is 0.0486 e. The summed E-state index contributed by atoms with van der Waals surface area (Å²) in [6.45, 7) is 0. The highest BCUT2D eigenvalue weighted by atomic mass is 79.9. The fraction of sp³-hybridized carbons (Fsp3) is 0.619. The molecule has 0 amide bonds. The number of alkyl halides is 2. The Hall–Kier alpha value is 0.360. The molecule has 138 valence electrons. The van der Waals surface area contributed by atoms with E-state index in [1.807, 2.05) is 22.7 Å². The van der Waals surface area contributed by atoms with E-state index in [0.29, 0.717) is 5.41 Å². The summed E-state index contributed by atoms with van der Waals surface area (Å²) in [5.74, 6) is 0. The molecule has 1 aliphatic rings. The summed E-state index contributed by atoms with van der Waals surface area (Å²) in [6, 6.07) is 4.87. The highest BCUT2D eigenvalue weighted by molar-refractivity contribution is 9.09. The van der Waals surface area contributed by atoms with Crippen molar-refractivity contribution < 1.29 is 0 Å². The van der Waals surface area contributed by atoms with Gasteiger partial charge in [0.2, 0.25) is 0 Å². The second kappa shape index (κ2) is 10.1. The predicted molar refractivity (Wildman–Crippen MR) is 122 cm³/mol. The molecule has 4 heteroatoms. The lowest BCUT2D eigenvalue weighted by atomic mass is 9.71. The van der Waals surface area contributed by atoms with Crippen LogP contribution in [0.25, 0.3) is 9.75 Å². The summed E-state index contributed by atoms with van der Waals surface area (Å²) >= 11 is 11.0. The molecule has 0 spiro atoms. The molecule has 1 aliphatic carbocycles. The zero-order valence-corrected chi connectivity index (χ0v) is 19.7. The molecule has 2 aromatic heterocycles. The maximum Gasteiger partial charge on any atom is 0.0486 e. The summed E-state index contributed by atoms with van der Waals surface area (Å²) in [4.78, 5) is 3.15. The van der Waals surface area contributed by atoms with E-state index in [1.54, 1.807) is 20.9 Å². The Morgan fingerprint density at radius 1 is 0.640 bits per heavy atom. The molecular formula is C21H28Br2S2. The fourth-order valence-corrected chi connectivity index (χ4v) is 7.26. The van der Waals surface area contributed by atoms with Crippen LogP contribution in [0.3, 0.4) is 0 Å². The SMILES string of the molecule is BrCCCCCCC1(CCCCCCBr)c2ccsc2-c2sccc21. The van der Waals surface area contributed by atoms with E-state index in [1.165, 1.54) is 64.2 Å². The van der Waals surface area contributed by atoms with Crippen molar-refractivity contribution in [1.29, 1.82) is 0 Å². The van der Waals surface area contributed by atoms with E-state index in [9.17, 15) is 0 Å². The van der Waals surface area contributed by atoms with Gasteiger partial charge in [0.25, 0.3) is 0 Å². The Morgan fingerprint density at radius 3 is 1.52 bits per heavy atom. The molecule has 0 N–H and O–H groups in total. The van der Waals surface area contributed by atoms with Crippen molar-refractivity contribution in [2.24, 2.45) is 0 Å². The van der Waals surface area contributed by atoms with E-state index in [-0.39, 0.29) is 0 Å². The Kier molecular flexibility index (Phi) is 8.09. The van der Waals surface area contributed by atoms with Crippen molar-refractivity contribution in [3.8, 4) is 9.75 Å². The Labute approximate surface area is 177 Å². The van der Waals surface area contributed by atoms with Crippen molar-refractivity contribution in [2.45, 2.75) is 69.6 Å². The molecule has 0 unspecified atom stereocenters. The molecule has 0 aliphatic heterocycles.